The molecule has 0 spiro atoms. The van der Waals surface area contributed by atoms with Gasteiger partial charge in [-0.25, -0.2) is 4.98 Å². The Labute approximate surface area is 81.3 Å². The fourth-order valence-electron chi connectivity index (χ4n) is 1.16. The normalized spacial score (nSPS) is 9.54. The summed E-state index contributed by atoms with van der Waals surface area (Å²) in [6.07, 6.45) is 5.37. The maximum Gasteiger partial charge on any atom is 0.147 e. The van der Waals surface area contributed by atoms with Crippen molar-refractivity contribution < 1.29 is 0 Å². The molecule has 0 atom stereocenters. The first-order valence-corrected chi connectivity index (χ1v) is 3.55. The number of pyridine rings is 1. The second kappa shape index (κ2) is 3.45. The lowest BCUT2D eigenvalue weighted by Gasteiger charge is -1.99. The van der Waals surface area contributed by atoms with E-state index >= 15 is 0 Å². The molecule has 0 radical (unpaired) electrons. The van der Waals surface area contributed by atoms with Crippen molar-refractivity contribution in [1.82, 2.24) is 9.38 Å². The SMILES string of the molecule is Cl.N=C(N)c1cccn2ccnc12. The molecule has 2 aromatic heterocycles. The van der Waals surface area contributed by atoms with Gasteiger partial charge in [0.15, 0.2) is 0 Å². The molecule has 68 valence electrons. The van der Waals surface area contributed by atoms with E-state index in [1.165, 1.54) is 0 Å². The lowest BCUT2D eigenvalue weighted by molar-refractivity contribution is 1.18. The molecule has 5 heteroatoms. The third-order valence-corrected chi connectivity index (χ3v) is 1.71. The van der Waals surface area contributed by atoms with Gasteiger partial charge in [-0.15, -0.1) is 12.4 Å². The molecule has 0 bridgehead atoms. The molecular formula is C8H9ClN4. The number of imidazole rings is 1. The smallest absolute Gasteiger partial charge is 0.147 e. The van der Waals surface area contributed by atoms with Crippen LogP contribution in [0.3, 0.4) is 0 Å². The Morgan fingerprint density at radius 3 is 2.92 bits per heavy atom. The number of hydrogen-bond donors (Lipinski definition) is 2. The van der Waals surface area contributed by atoms with Crippen molar-refractivity contribution in [3.05, 3.63) is 36.3 Å². The highest BCUT2D eigenvalue weighted by molar-refractivity contribution is 6.00. The topological polar surface area (TPSA) is 67.2 Å². The van der Waals surface area contributed by atoms with Crippen LogP contribution in [0.5, 0.6) is 0 Å². The van der Waals surface area contributed by atoms with Crippen LogP contribution in [0.2, 0.25) is 0 Å². The number of rotatable bonds is 1. The van der Waals surface area contributed by atoms with Gasteiger partial charge < -0.3 is 10.1 Å². The van der Waals surface area contributed by atoms with E-state index < -0.39 is 0 Å². The zero-order valence-corrected chi connectivity index (χ0v) is 7.58. The summed E-state index contributed by atoms with van der Waals surface area (Å²) < 4.78 is 1.83. The van der Waals surface area contributed by atoms with Crippen LogP contribution >= 0.6 is 12.4 Å². The van der Waals surface area contributed by atoms with Crippen LogP contribution in [0.25, 0.3) is 5.65 Å². The fourth-order valence-corrected chi connectivity index (χ4v) is 1.16. The standard InChI is InChI=1S/C8H8N4.ClH/c9-7(10)6-2-1-4-12-5-3-11-8(6)12;/h1-5H,(H3,9,10);1H. The maximum atomic E-state index is 7.28. The van der Waals surface area contributed by atoms with Crippen LogP contribution in [-0.4, -0.2) is 15.2 Å². The Hall–Kier alpha value is -1.55. The second-order valence-electron chi connectivity index (χ2n) is 2.49. The minimum absolute atomic E-state index is 0. The van der Waals surface area contributed by atoms with Crippen molar-refractivity contribution in [2.75, 3.05) is 0 Å². The number of amidine groups is 1. The molecule has 0 fully saturated rings. The Bertz CT molecular complexity index is 434. The van der Waals surface area contributed by atoms with E-state index in [0.29, 0.717) is 5.56 Å². The highest BCUT2D eigenvalue weighted by Crippen LogP contribution is 2.06. The minimum Gasteiger partial charge on any atom is -0.384 e. The molecule has 0 saturated carbocycles. The van der Waals surface area contributed by atoms with Gasteiger partial charge in [0.05, 0.1) is 5.56 Å². The average Bonchev–Trinajstić information content (AvgIpc) is 2.49. The van der Waals surface area contributed by atoms with Crippen molar-refractivity contribution in [3.8, 4) is 0 Å². The van der Waals surface area contributed by atoms with E-state index in [1.54, 1.807) is 12.3 Å². The van der Waals surface area contributed by atoms with Crippen molar-refractivity contribution in [1.29, 1.82) is 5.41 Å². The van der Waals surface area contributed by atoms with Crippen molar-refractivity contribution in [2.45, 2.75) is 0 Å². The van der Waals surface area contributed by atoms with Crippen LogP contribution in [0.1, 0.15) is 5.56 Å². The monoisotopic (exact) mass is 196 g/mol. The largest absolute Gasteiger partial charge is 0.384 e. The third kappa shape index (κ3) is 1.48. The number of aromatic nitrogens is 2. The Morgan fingerprint density at radius 1 is 1.46 bits per heavy atom. The summed E-state index contributed by atoms with van der Waals surface area (Å²) in [4.78, 5) is 4.08. The summed E-state index contributed by atoms with van der Waals surface area (Å²) in [6.45, 7) is 0. The van der Waals surface area contributed by atoms with Gasteiger partial charge >= 0.3 is 0 Å². The number of nitrogen functional groups attached to an aromatic ring is 1. The number of halogens is 1. The zero-order valence-electron chi connectivity index (χ0n) is 6.77. The highest BCUT2D eigenvalue weighted by Gasteiger charge is 2.02. The molecule has 0 aliphatic rings. The molecule has 0 aromatic carbocycles. The predicted octanol–water partition coefficient (Wildman–Crippen LogP) is 1.04. The molecule has 2 aromatic rings. The van der Waals surface area contributed by atoms with Crippen molar-refractivity contribution >= 4 is 23.9 Å². The van der Waals surface area contributed by atoms with Crippen LogP contribution in [0.15, 0.2) is 30.7 Å². The summed E-state index contributed by atoms with van der Waals surface area (Å²) in [5.74, 6) is 0.0480. The molecule has 13 heavy (non-hydrogen) atoms. The first-order chi connectivity index (χ1) is 5.79. The quantitative estimate of drug-likeness (QED) is 0.529. The molecule has 0 amide bonds. The molecule has 0 aliphatic heterocycles. The van der Waals surface area contributed by atoms with Gasteiger partial charge in [-0.1, -0.05) is 0 Å². The maximum absolute atomic E-state index is 7.28. The Kier molecular flexibility index (Phi) is 2.53. The molecular weight excluding hydrogens is 188 g/mol. The summed E-state index contributed by atoms with van der Waals surface area (Å²) in [6, 6.07) is 3.62. The number of nitrogens with one attached hydrogen (secondary N) is 1. The predicted molar refractivity (Wildman–Crippen MR) is 53.5 cm³/mol. The zero-order chi connectivity index (χ0) is 8.55. The fraction of sp³-hybridized carbons (Fsp3) is 0. The molecule has 2 rings (SSSR count). The summed E-state index contributed by atoms with van der Waals surface area (Å²) >= 11 is 0. The number of nitrogens with two attached hydrogens (primary N) is 1. The van der Waals surface area contributed by atoms with Crippen molar-refractivity contribution in [3.63, 3.8) is 0 Å². The van der Waals surface area contributed by atoms with Gasteiger partial charge in [-0.3, -0.25) is 5.41 Å². The molecule has 2 heterocycles. The third-order valence-electron chi connectivity index (χ3n) is 1.71. The van der Waals surface area contributed by atoms with Crippen LogP contribution in [0, 0.1) is 5.41 Å². The van der Waals surface area contributed by atoms with Crippen LogP contribution < -0.4 is 5.73 Å². The van der Waals surface area contributed by atoms with E-state index in [0.717, 1.165) is 5.65 Å². The molecule has 0 unspecified atom stereocenters. The first-order valence-electron chi connectivity index (χ1n) is 3.55. The van der Waals surface area contributed by atoms with Gasteiger partial charge in [-0.05, 0) is 12.1 Å². The van der Waals surface area contributed by atoms with Crippen LogP contribution in [-0.2, 0) is 0 Å². The van der Waals surface area contributed by atoms with Gasteiger partial charge in [-0.2, -0.15) is 0 Å². The van der Waals surface area contributed by atoms with Gasteiger partial charge in [0, 0.05) is 18.6 Å². The highest BCUT2D eigenvalue weighted by atomic mass is 35.5. The average molecular weight is 197 g/mol. The van der Waals surface area contributed by atoms with E-state index in [-0.39, 0.29) is 18.2 Å². The number of nitrogens with zero attached hydrogens (tertiary/aromatic N) is 2. The molecule has 3 N–H and O–H groups in total. The summed E-state index contributed by atoms with van der Waals surface area (Å²) in [7, 11) is 0. The first kappa shape index (κ1) is 9.54. The minimum atomic E-state index is 0. The van der Waals surface area contributed by atoms with E-state index in [4.69, 9.17) is 11.1 Å². The van der Waals surface area contributed by atoms with E-state index in [1.807, 2.05) is 22.9 Å². The lowest BCUT2D eigenvalue weighted by Crippen LogP contribution is -2.12. The summed E-state index contributed by atoms with van der Waals surface area (Å²) in [5.41, 5.74) is 6.76. The number of hydrogen-bond acceptors (Lipinski definition) is 2. The Morgan fingerprint density at radius 2 is 2.23 bits per heavy atom. The van der Waals surface area contributed by atoms with Crippen LogP contribution in [0.4, 0.5) is 0 Å². The Balaban J connectivity index is 0.000000845. The van der Waals surface area contributed by atoms with Gasteiger partial charge in [0.25, 0.3) is 0 Å². The van der Waals surface area contributed by atoms with E-state index in [9.17, 15) is 0 Å². The van der Waals surface area contributed by atoms with Gasteiger partial charge in [0.1, 0.15) is 11.5 Å². The second-order valence-corrected chi connectivity index (χ2v) is 2.49. The van der Waals surface area contributed by atoms with Crippen molar-refractivity contribution in [2.24, 2.45) is 5.73 Å². The lowest BCUT2D eigenvalue weighted by atomic mass is 10.2. The molecule has 0 saturated heterocycles. The van der Waals surface area contributed by atoms with Gasteiger partial charge in [0.2, 0.25) is 0 Å². The summed E-state index contributed by atoms with van der Waals surface area (Å²) in [5, 5.41) is 7.28. The molecule has 0 aliphatic carbocycles. The number of fused-ring (bicyclic) bond motifs is 1. The van der Waals surface area contributed by atoms with E-state index in [2.05, 4.69) is 4.98 Å². The molecule has 4 nitrogen and oxygen atoms in total.